The van der Waals surface area contributed by atoms with Crippen LogP contribution >= 0.6 is 15.9 Å². The van der Waals surface area contributed by atoms with Gasteiger partial charge in [0.05, 0.1) is 4.47 Å². The van der Waals surface area contributed by atoms with E-state index >= 15 is 0 Å². The van der Waals surface area contributed by atoms with E-state index in [1.54, 1.807) is 6.20 Å². The number of amides is 1. The molecule has 0 bridgehead atoms. The molecule has 3 heterocycles. The van der Waals surface area contributed by atoms with Gasteiger partial charge >= 0.3 is 0 Å². The molecule has 1 aromatic carbocycles. The number of anilines is 4. The molecule has 1 saturated heterocycles. The van der Waals surface area contributed by atoms with Gasteiger partial charge in [0.25, 0.3) is 0 Å². The molecule has 4 N–H and O–H groups in total. The highest BCUT2D eigenvalue weighted by atomic mass is 79.9. The third kappa shape index (κ3) is 5.69. The second-order valence-corrected chi connectivity index (χ2v) is 9.31. The molecule has 1 aliphatic heterocycles. The lowest BCUT2D eigenvalue weighted by atomic mass is 10.1. The van der Waals surface area contributed by atoms with Crippen LogP contribution in [0.15, 0.2) is 41.0 Å². The largest absolute Gasteiger partial charge is 0.340 e. The summed E-state index contributed by atoms with van der Waals surface area (Å²) in [7, 11) is 0. The first-order valence-electron chi connectivity index (χ1n) is 11.3. The first-order chi connectivity index (χ1) is 16.1. The maximum atomic E-state index is 12.5. The Morgan fingerprint density at radius 1 is 1.18 bits per heavy atom. The Morgan fingerprint density at radius 2 is 2.03 bits per heavy atom. The topological polar surface area (TPSA) is 111 Å². The van der Waals surface area contributed by atoms with Crippen molar-refractivity contribution < 1.29 is 4.79 Å². The first-order valence-corrected chi connectivity index (χ1v) is 12.1. The number of H-pyrrole nitrogens is 1. The standard InChI is InChI=1S/C23H27BrN8O/c24-18-14-26-23(29-22(18)28-20-13-19(30-31-20)16-5-6-16)27-17-3-1-2-15(12-17)4-7-21(33)32-10-8-25-9-11-32/h1-3,12-14,16,25H,4-11H2,(H3,26,27,28,29,30,31). The van der Waals surface area contributed by atoms with Crippen LogP contribution in [0.25, 0.3) is 0 Å². The second kappa shape index (κ2) is 9.88. The smallest absolute Gasteiger partial charge is 0.229 e. The van der Waals surface area contributed by atoms with E-state index < -0.39 is 0 Å². The number of aryl methyl sites for hydroxylation is 1. The SMILES string of the molecule is O=C(CCc1cccc(Nc2ncc(Br)c(Nc3cc(C4CC4)[nH]n3)n2)c1)N1CCNCC1. The average molecular weight is 511 g/mol. The van der Waals surface area contributed by atoms with Gasteiger partial charge in [-0.25, -0.2) is 4.98 Å². The second-order valence-electron chi connectivity index (χ2n) is 8.45. The van der Waals surface area contributed by atoms with Crippen molar-refractivity contribution >= 4 is 45.1 Å². The normalized spacial score (nSPS) is 16.0. The number of aromatic nitrogens is 4. The maximum Gasteiger partial charge on any atom is 0.229 e. The van der Waals surface area contributed by atoms with E-state index in [4.69, 9.17) is 0 Å². The molecule has 33 heavy (non-hydrogen) atoms. The molecule has 172 valence electrons. The van der Waals surface area contributed by atoms with Gasteiger partial charge in [-0.05, 0) is 52.9 Å². The van der Waals surface area contributed by atoms with Gasteiger partial charge in [-0.15, -0.1) is 0 Å². The van der Waals surface area contributed by atoms with E-state index in [0.29, 0.717) is 30.5 Å². The fourth-order valence-electron chi connectivity index (χ4n) is 3.90. The van der Waals surface area contributed by atoms with Crippen molar-refractivity contribution in [3.8, 4) is 0 Å². The molecule has 0 atom stereocenters. The number of nitrogens with zero attached hydrogens (tertiary/aromatic N) is 4. The number of benzene rings is 1. The van der Waals surface area contributed by atoms with Crippen molar-refractivity contribution in [2.24, 2.45) is 0 Å². The number of aromatic amines is 1. The molecular formula is C23H27BrN8O. The predicted molar refractivity (Wildman–Crippen MR) is 131 cm³/mol. The van der Waals surface area contributed by atoms with E-state index in [-0.39, 0.29) is 5.91 Å². The highest BCUT2D eigenvalue weighted by Gasteiger charge is 2.25. The van der Waals surface area contributed by atoms with Crippen molar-refractivity contribution in [3.05, 3.63) is 52.3 Å². The number of halogens is 1. The Morgan fingerprint density at radius 3 is 2.85 bits per heavy atom. The van der Waals surface area contributed by atoms with Gasteiger partial charge in [0.15, 0.2) is 11.6 Å². The highest BCUT2D eigenvalue weighted by Crippen LogP contribution is 2.39. The number of hydrogen-bond acceptors (Lipinski definition) is 7. The van der Waals surface area contributed by atoms with Crippen LogP contribution in [-0.4, -0.2) is 57.2 Å². The van der Waals surface area contributed by atoms with Gasteiger partial charge in [-0.1, -0.05) is 12.1 Å². The fraction of sp³-hybridized carbons (Fsp3) is 0.391. The lowest BCUT2D eigenvalue weighted by molar-refractivity contribution is -0.131. The molecule has 2 aliphatic rings. The van der Waals surface area contributed by atoms with E-state index in [1.165, 1.54) is 12.8 Å². The molecule has 0 unspecified atom stereocenters. The molecule has 2 aromatic heterocycles. The summed E-state index contributed by atoms with van der Waals surface area (Å²) in [6.45, 7) is 3.32. The van der Waals surface area contributed by atoms with E-state index in [0.717, 1.165) is 53.4 Å². The molecule has 10 heteroatoms. The maximum absolute atomic E-state index is 12.5. The van der Waals surface area contributed by atoms with E-state index in [2.05, 4.69) is 52.0 Å². The Labute approximate surface area is 200 Å². The van der Waals surface area contributed by atoms with Crippen molar-refractivity contribution in [2.45, 2.75) is 31.6 Å². The zero-order chi connectivity index (χ0) is 22.6. The van der Waals surface area contributed by atoms with E-state index in [1.807, 2.05) is 35.2 Å². The van der Waals surface area contributed by atoms with Crippen LogP contribution in [0.5, 0.6) is 0 Å². The molecular weight excluding hydrogens is 484 g/mol. The van der Waals surface area contributed by atoms with Crippen LogP contribution in [0, 0.1) is 0 Å². The summed E-state index contributed by atoms with van der Waals surface area (Å²) in [5, 5.41) is 17.2. The number of piperazine rings is 1. The van der Waals surface area contributed by atoms with Gasteiger partial charge in [-0.2, -0.15) is 10.1 Å². The molecule has 0 spiro atoms. The van der Waals surface area contributed by atoms with Crippen LogP contribution < -0.4 is 16.0 Å². The molecule has 9 nitrogen and oxygen atoms in total. The quantitative estimate of drug-likeness (QED) is 0.365. The molecule has 2 fully saturated rings. The molecule has 0 radical (unpaired) electrons. The predicted octanol–water partition coefficient (Wildman–Crippen LogP) is 3.69. The van der Waals surface area contributed by atoms with Gasteiger partial charge < -0.3 is 20.9 Å². The van der Waals surface area contributed by atoms with Crippen molar-refractivity contribution in [1.82, 2.24) is 30.4 Å². The number of carbonyl (C=O) groups excluding carboxylic acids is 1. The Hall–Kier alpha value is -2.98. The zero-order valence-electron chi connectivity index (χ0n) is 18.3. The molecule has 3 aromatic rings. The summed E-state index contributed by atoms with van der Waals surface area (Å²) >= 11 is 3.51. The van der Waals surface area contributed by atoms with Gasteiger partial charge in [0.2, 0.25) is 11.9 Å². The Bertz CT molecular complexity index is 1120. The van der Waals surface area contributed by atoms with Crippen LogP contribution in [0.1, 0.15) is 36.4 Å². The van der Waals surface area contributed by atoms with Crippen molar-refractivity contribution in [1.29, 1.82) is 0 Å². The van der Waals surface area contributed by atoms with Crippen LogP contribution in [-0.2, 0) is 11.2 Å². The minimum absolute atomic E-state index is 0.213. The average Bonchev–Trinajstić information content (AvgIpc) is 3.59. The summed E-state index contributed by atoms with van der Waals surface area (Å²) in [5.74, 6) is 2.67. The first kappa shape index (κ1) is 21.8. The zero-order valence-corrected chi connectivity index (χ0v) is 19.9. The van der Waals surface area contributed by atoms with Crippen LogP contribution in [0.3, 0.4) is 0 Å². The molecule has 1 aliphatic carbocycles. The summed E-state index contributed by atoms with van der Waals surface area (Å²) in [6.07, 6.45) is 5.36. The number of hydrogen-bond donors (Lipinski definition) is 4. The third-order valence-corrected chi connectivity index (χ3v) is 6.47. The Kier molecular flexibility index (Phi) is 6.54. The van der Waals surface area contributed by atoms with Crippen LogP contribution in [0.4, 0.5) is 23.3 Å². The minimum atomic E-state index is 0.213. The van der Waals surface area contributed by atoms with E-state index in [9.17, 15) is 4.79 Å². The lowest BCUT2D eigenvalue weighted by Gasteiger charge is -2.27. The Balaban J connectivity index is 1.21. The van der Waals surface area contributed by atoms with Crippen molar-refractivity contribution in [2.75, 3.05) is 36.8 Å². The number of rotatable bonds is 8. The summed E-state index contributed by atoms with van der Waals surface area (Å²) in [6, 6.07) is 10.1. The third-order valence-electron chi connectivity index (χ3n) is 5.89. The van der Waals surface area contributed by atoms with Crippen LogP contribution in [0.2, 0.25) is 0 Å². The van der Waals surface area contributed by atoms with Gasteiger partial charge in [0.1, 0.15) is 0 Å². The lowest BCUT2D eigenvalue weighted by Crippen LogP contribution is -2.46. The monoisotopic (exact) mass is 510 g/mol. The highest BCUT2D eigenvalue weighted by molar-refractivity contribution is 9.10. The van der Waals surface area contributed by atoms with Gasteiger partial charge in [-0.3, -0.25) is 9.89 Å². The molecule has 1 amide bonds. The summed E-state index contributed by atoms with van der Waals surface area (Å²) in [4.78, 5) is 23.4. The van der Waals surface area contributed by atoms with Gasteiger partial charge in [0, 0.05) is 62.2 Å². The molecule has 5 rings (SSSR count). The van der Waals surface area contributed by atoms with Crippen molar-refractivity contribution in [3.63, 3.8) is 0 Å². The number of nitrogens with one attached hydrogen (secondary N) is 4. The number of carbonyl (C=O) groups is 1. The summed E-state index contributed by atoms with van der Waals surface area (Å²) < 4.78 is 0.754. The molecule has 1 saturated carbocycles. The summed E-state index contributed by atoms with van der Waals surface area (Å²) in [5.41, 5.74) is 3.14. The fourth-order valence-corrected chi connectivity index (χ4v) is 4.19. The minimum Gasteiger partial charge on any atom is -0.340 e.